The first-order valence-electron chi connectivity index (χ1n) is 2.89. The van der Waals surface area contributed by atoms with Gasteiger partial charge in [-0.25, -0.2) is 0 Å². The van der Waals surface area contributed by atoms with Crippen LogP contribution in [0.4, 0.5) is 0 Å². The number of nitrogens with zero attached hydrogens (tertiary/aromatic N) is 2. The first-order chi connectivity index (χ1) is 4.93. The van der Waals surface area contributed by atoms with Crippen molar-refractivity contribution in [3.05, 3.63) is 36.2 Å². The molecule has 10 heavy (non-hydrogen) atoms. The van der Waals surface area contributed by atoms with Gasteiger partial charge in [-0.3, -0.25) is 4.98 Å². The van der Waals surface area contributed by atoms with Crippen molar-refractivity contribution in [3.8, 4) is 6.07 Å². The number of rotatable bonds is 1. The Bertz CT molecular complexity index is 256. The van der Waals surface area contributed by atoms with Gasteiger partial charge in [0.05, 0.1) is 6.07 Å². The molecule has 2 nitrogen and oxygen atoms in total. The Hall–Kier alpha value is -1.62. The molecule has 48 valence electrons. The van der Waals surface area contributed by atoms with E-state index < -0.39 is 0 Å². The molecule has 0 radical (unpaired) electrons. The zero-order valence-corrected chi connectivity index (χ0v) is 5.36. The van der Waals surface area contributed by atoms with Gasteiger partial charge in [-0.15, -0.1) is 0 Å². The van der Waals surface area contributed by atoms with Crippen molar-refractivity contribution < 1.29 is 0 Å². The fourth-order valence-corrected chi connectivity index (χ4v) is 0.608. The lowest BCUT2D eigenvalue weighted by Gasteiger charge is -1.85. The van der Waals surface area contributed by atoms with Crippen molar-refractivity contribution in [2.45, 2.75) is 0 Å². The van der Waals surface area contributed by atoms with E-state index in [1.165, 1.54) is 6.08 Å². The fraction of sp³-hybridized carbons (Fsp3) is 0. The lowest BCUT2D eigenvalue weighted by Crippen LogP contribution is -1.71. The zero-order chi connectivity index (χ0) is 7.23. The maximum Gasteiger partial charge on any atom is 0.0912 e. The maximum absolute atomic E-state index is 8.17. The summed E-state index contributed by atoms with van der Waals surface area (Å²) in [5, 5.41) is 8.17. The number of nitriles is 1. The molecule has 0 aromatic carbocycles. The summed E-state index contributed by atoms with van der Waals surface area (Å²) in [5.41, 5.74) is 0.948. The molecule has 0 aliphatic heterocycles. The summed E-state index contributed by atoms with van der Waals surface area (Å²) < 4.78 is 0. The number of pyridine rings is 1. The lowest BCUT2D eigenvalue weighted by molar-refractivity contribution is 1.32. The molecule has 0 atom stereocenters. The smallest absolute Gasteiger partial charge is 0.0912 e. The fourth-order valence-electron chi connectivity index (χ4n) is 0.608. The van der Waals surface area contributed by atoms with Crippen LogP contribution in [0.15, 0.2) is 30.6 Å². The molecule has 0 saturated carbocycles. The second-order valence-electron chi connectivity index (χ2n) is 1.75. The third-order valence-electron chi connectivity index (χ3n) is 1.03. The molecule has 0 spiro atoms. The van der Waals surface area contributed by atoms with E-state index >= 15 is 0 Å². The molecule has 0 unspecified atom stereocenters. The summed E-state index contributed by atoms with van der Waals surface area (Å²) in [6, 6.07) is 5.63. The van der Waals surface area contributed by atoms with Gasteiger partial charge in [0.2, 0.25) is 0 Å². The van der Waals surface area contributed by atoms with Crippen LogP contribution in [0.2, 0.25) is 0 Å². The molecule has 2 heteroatoms. The molecule has 1 rings (SSSR count). The molecule has 1 aromatic heterocycles. The van der Waals surface area contributed by atoms with E-state index in [-0.39, 0.29) is 0 Å². The second kappa shape index (κ2) is 3.41. The van der Waals surface area contributed by atoms with Crippen LogP contribution >= 0.6 is 0 Å². The van der Waals surface area contributed by atoms with Crippen LogP contribution < -0.4 is 0 Å². The van der Waals surface area contributed by atoms with E-state index in [4.69, 9.17) is 5.26 Å². The lowest BCUT2D eigenvalue weighted by atomic mass is 10.3. The van der Waals surface area contributed by atoms with Gasteiger partial charge in [-0.2, -0.15) is 5.26 Å². The van der Waals surface area contributed by atoms with Gasteiger partial charge >= 0.3 is 0 Å². The Balaban J connectivity index is 2.79. The molecule has 0 saturated heterocycles. The summed E-state index contributed by atoms with van der Waals surface area (Å²) in [7, 11) is 0. The molecular weight excluding hydrogens is 124 g/mol. The van der Waals surface area contributed by atoms with Crippen molar-refractivity contribution in [1.82, 2.24) is 4.98 Å². The van der Waals surface area contributed by atoms with Gasteiger partial charge in [-0.1, -0.05) is 6.07 Å². The average molecular weight is 130 g/mol. The van der Waals surface area contributed by atoms with Crippen LogP contribution in [0.3, 0.4) is 0 Å². The maximum atomic E-state index is 8.17. The summed E-state index contributed by atoms with van der Waals surface area (Å²) in [5.74, 6) is 0. The van der Waals surface area contributed by atoms with E-state index in [0.29, 0.717) is 0 Å². The molecule has 0 fully saturated rings. The molecule has 0 N–H and O–H groups in total. The van der Waals surface area contributed by atoms with Gasteiger partial charge in [0.25, 0.3) is 0 Å². The Labute approximate surface area is 59.4 Å². The van der Waals surface area contributed by atoms with E-state index in [2.05, 4.69) is 4.98 Å². The second-order valence-corrected chi connectivity index (χ2v) is 1.75. The predicted molar refractivity (Wildman–Crippen MR) is 38.9 cm³/mol. The van der Waals surface area contributed by atoms with Gasteiger partial charge in [-0.05, 0) is 17.7 Å². The molecule has 0 aliphatic carbocycles. The Morgan fingerprint density at radius 2 is 2.50 bits per heavy atom. The topological polar surface area (TPSA) is 36.7 Å². The van der Waals surface area contributed by atoms with Crippen LogP contribution in [0.1, 0.15) is 5.56 Å². The summed E-state index contributed by atoms with van der Waals surface area (Å²) in [6.07, 6.45) is 6.54. The largest absolute Gasteiger partial charge is 0.264 e. The third-order valence-corrected chi connectivity index (χ3v) is 1.03. The van der Waals surface area contributed by atoms with Gasteiger partial charge in [0.15, 0.2) is 0 Å². The van der Waals surface area contributed by atoms with Gasteiger partial charge < -0.3 is 0 Å². The summed E-state index contributed by atoms with van der Waals surface area (Å²) >= 11 is 0. The standard InChI is InChI=1S/C8H6N2/c9-5-1-3-8-4-2-6-10-7-8/h1-4,6-7H/b3-1+. The third kappa shape index (κ3) is 1.71. The minimum absolute atomic E-state index is 0.948. The molecule has 0 aliphatic rings. The van der Waals surface area contributed by atoms with Crippen molar-refractivity contribution in [1.29, 1.82) is 5.26 Å². The number of hydrogen-bond donors (Lipinski definition) is 0. The van der Waals surface area contributed by atoms with Crippen LogP contribution in [-0.4, -0.2) is 4.98 Å². The number of aromatic nitrogens is 1. The highest BCUT2D eigenvalue weighted by atomic mass is 14.6. The number of hydrogen-bond acceptors (Lipinski definition) is 2. The summed E-state index contributed by atoms with van der Waals surface area (Å²) in [4.78, 5) is 3.88. The van der Waals surface area contributed by atoms with Crippen molar-refractivity contribution >= 4 is 6.08 Å². The molecular formula is C8H6N2. The van der Waals surface area contributed by atoms with E-state index in [1.54, 1.807) is 18.5 Å². The Morgan fingerprint density at radius 1 is 1.60 bits per heavy atom. The zero-order valence-electron chi connectivity index (χ0n) is 5.36. The average Bonchev–Trinajstić information content (AvgIpc) is 2.03. The monoisotopic (exact) mass is 130 g/mol. The van der Waals surface area contributed by atoms with Crippen molar-refractivity contribution in [2.75, 3.05) is 0 Å². The Kier molecular flexibility index (Phi) is 2.22. The van der Waals surface area contributed by atoms with Crippen LogP contribution in [0, 0.1) is 11.3 Å². The molecule has 0 amide bonds. The quantitative estimate of drug-likeness (QED) is 0.541. The first kappa shape index (κ1) is 6.50. The normalized spacial score (nSPS) is 9.50. The highest BCUT2D eigenvalue weighted by Crippen LogP contribution is 1.96. The highest BCUT2D eigenvalue weighted by Gasteiger charge is 1.80. The van der Waals surface area contributed by atoms with Crippen LogP contribution in [0.5, 0.6) is 0 Å². The SMILES string of the molecule is N#C/C=C/c1cccnc1. The van der Waals surface area contributed by atoms with Gasteiger partial charge in [0, 0.05) is 18.5 Å². The first-order valence-corrected chi connectivity index (χ1v) is 2.89. The van der Waals surface area contributed by atoms with Crippen molar-refractivity contribution in [3.63, 3.8) is 0 Å². The van der Waals surface area contributed by atoms with E-state index in [1.807, 2.05) is 18.2 Å². The Morgan fingerprint density at radius 3 is 3.10 bits per heavy atom. The minimum atomic E-state index is 0.948. The highest BCUT2D eigenvalue weighted by molar-refractivity contribution is 5.49. The van der Waals surface area contributed by atoms with Crippen molar-refractivity contribution in [2.24, 2.45) is 0 Å². The minimum Gasteiger partial charge on any atom is -0.264 e. The number of allylic oxidation sites excluding steroid dienone is 1. The van der Waals surface area contributed by atoms with Crippen LogP contribution in [0.25, 0.3) is 6.08 Å². The van der Waals surface area contributed by atoms with Gasteiger partial charge in [0.1, 0.15) is 0 Å². The van der Waals surface area contributed by atoms with Crippen LogP contribution in [-0.2, 0) is 0 Å². The predicted octanol–water partition coefficient (Wildman–Crippen LogP) is 1.62. The summed E-state index contributed by atoms with van der Waals surface area (Å²) in [6.45, 7) is 0. The molecule has 0 bridgehead atoms. The van der Waals surface area contributed by atoms with E-state index in [0.717, 1.165) is 5.56 Å². The molecule has 1 heterocycles. The van der Waals surface area contributed by atoms with E-state index in [9.17, 15) is 0 Å². The molecule has 1 aromatic rings.